The minimum absolute atomic E-state index is 0.153. The van der Waals surface area contributed by atoms with Crippen LogP contribution in [-0.2, 0) is 0 Å². The molecular weight excluding hydrogens is 326 g/mol. The summed E-state index contributed by atoms with van der Waals surface area (Å²) in [7, 11) is 0. The van der Waals surface area contributed by atoms with Crippen molar-refractivity contribution < 1.29 is 9.53 Å². The normalized spacial score (nSPS) is 10.5. The van der Waals surface area contributed by atoms with Gasteiger partial charge in [0.1, 0.15) is 5.75 Å². The van der Waals surface area contributed by atoms with Crippen LogP contribution in [0.15, 0.2) is 85.1 Å². The molecular formula is C21H15N3O2. The molecule has 3 aromatic carbocycles. The van der Waals surface area contributed by atoms with Crippen LogP contribution in [0.4, 0.5) is 5.69 Å². The standard InChI is InChI=1S/C21H15N3O2/c25-21(15-6-2-1-3-7-15)23-16-10-12-17(13-11-16)26-20-14-22-18-8-4-5-9-19(18)24-20/h1-14H,(H,23,25). The number of hydrogen-bond acceptors (Lipinski definition) is 4. The van der Waals surface area contributed by atoms with Gasteiger partial charge in [-0.3, -0.25) is 4.79 Å². The average Bonchev–Trinajstić information content (AvgIpc) is 2.70. The minimum Gasteiger partial charge on any atom is -0.437 e. The van der Waals surface area contributed by atoms with Crippen LogP contribution in [-0.4, -0.2) is 15.9 Å². The molecule has 4 aromatic rings. The minimum atomic E-state index is -0.153. The number of carbonyl (C=O) groups is 1. The molecule has 0 unspecified atom stereocenters. The molecule has 5 nitrogen and oxygen atoms in total. The Kier molecular flexibility index (Phi) is 4.26. The van der Waals surface area contributed by atoms with Crippen molar-refractivity contribution in [1.82, 2.24) is 9.97 Å². The van der Waals surface area contributed by atoms with E-state index in [2.05, 4.69) is 15.3 Å². The van der Waals surface area contributed by atoms with Crippen molar-refractivity contribution in [2.75, 3.05) is 5.32 Å². The van der Waals surface area contributed by atoms with Gasteiger partial charge in [-0.15, -0.1) is 0 Å². The second-order valence-electron chi connectivity index (χ2n) is 5.64. The molecule has 0 saturated carbocycles. The van der Waals surface area contributed by atoms with E-state index in [1.54, 1.807) is 42.6 Å². The predicted molar refractivity (Wildman–Crippen MR) is 100 cm³/mol. The number of carbonyl (C=O) groups excluding carboxylic acids is 1. The van der Waals surface area contributed by atoms with E-state index in [1.165, 1.54) is 0 Å². The second kappa shape index (κ2) is 7.03. The van der Waals surface area contributed by atoms with Gasteiger partial charge < -0.3 is 10.1 Å². The van der Waals surface area contributed by atoms with E-state index < -0.39 is 0 Å². The summed E-state index contributed by atoms with van der Waals surface area (Å²) in [5.74, 6) is 0.886. The zero-order valence-electron chi connectivity index (χ0n) is 13.8. The number of para-hydroxylation sites is 2. The Labute approximate surface area is 150 Å². The maximum atomic E-state index is 12.2. The lowest BCUT2D eigenvalue weighted by Gasteiger charge is -2.08. The fourth-order valence-electron chi connectivity index (χ4n) is 2.51. The smallest absolute Gasteiger partial charge is 0.255 e. The van der Waals surface area contributed by atoms with Crippen molar-refractivity contribution in [1.29, 1.82) is 0 Å². The molecule has 26 heavy (non-hydrogen) atoms. The molecule has 0 spiro atoms. The van der Waals surface area contributed by atoms with Crippen molar-refractivity contribution in [2.24, 2.45) is 0 Å². The Balaban J connectivity index is 1.46. The maximum Gasteiger partial charge on any atom is 0.255 e. The molecule has 126 valence electrons. The monoisotopic (exact) mass is 341 g/mol. The van der Waals surface area contributed by atoms with Crippen LogP contribution in [0.25, 0.3) is 11.0 Å². The zero-order chi connectivity index (χ0) is 17.8. The summed E-state index contributed by atoms with van der Waals surface area (Å²) in [6.45, 7) is 0. The third kappa shape index (κ3) is 3.52. The topological polar surface area (TPSA) is 64.1 Å². The molecule has 1 N–H and O–H groups in total. The molecule has 5 heteroatoms. The summed E-state index contributed by atoms with van der Waals surface area (Å²) in [6.07, 6.45) is 1.59. The quantitative estimate of drug-likeness (QED) is 0.586. The van der Waals surface area contributed by atoms with Gasteiger partial charge in [-0.1, -0.05) is 30.3 Å². The van der Waals surface area contributed by atoms with Gasteiger partial charge in [0, 0.05) is 11.3 Å². The van der Waals surface area contributed by atoms with Crippen molar-refractivity contribution in [3.8, 4) is 11.6 Å². The highest BCUT2D eigenvalue weighted by molar-refractivity contribution is 6.04. The Hall–Kier alpha value is -3.73. The summed E-state index contributed by atoms with van der Waals surface area (Å²) < 4.78 is 5.74. The van der Waals surface area contributed by atoms with Gasteiger partial charge in [0.05, 0.1) is 17.2 Å². The molecule has 1 amide bonds. The van der Waals surface area contributed by atoms with E-state index in [1.807, 2.05) is 42.5 Å². The Morgan fingerprint density at radius 1 is 0.808 bits per heavy atom. The van der Waals surface area contributed by atoms with E-state index in [0.29, 0.717) is 22.9 Å². The van der Waals surface area contributed by atoms with E-state index in [9.17, 15) is 4.79 Å². The molecule has 4 rings (SSSR count). The van der Waals surface area contributed by atoms with Crippen LogP contribution in [0.3, 0.4) is 0 Å². The summed E-state index contributed by atoms with van der Waals surface area (Å²) in [4.78, 5) is 20.9. The molecule has 1 heterocycles. The van der Waals surface area contributed by atoms with Crippen LogP contribution in [0.2, 0.25) is 0 Å². The second-order valence-corrected chi connectivity index (χ2v) is 5.64. The molecule has 0 aliphatic heterocycles. The van der Waals surface area contributed by atoms with Crippen LogP contribution in [0.5, 0.6) is 11.6 Å². The first-order valence-corrected chi connectivity index (χ1v) is 8.14. The first-order chi connectivity index (χ1) is 12.8. The maximum absolute atomic E-state index is 12.2. The number of ether oxygens (including phenoxy) is 1. The lowest BCUT2D eigenvalue weighted by atomic mass is 10.2. The summed E-state index contributed by atoms with van der Waals surface area (Å²) in [5.41, 5.74) is 2.89. The predicted octanol–water partition coefficient (Wildman–Crippen LogP) is 4.67. The third-order valence-corrected chi connectivity index (χ3v) is 3.80. The van der Waals surface area contributed by atoms with Gasteiger partial charge in [0.2, 0.25) is 5.88 Å². The third-order valence-electron chi connectivity index (χ3n) is 3.80. The van der Waals surface area contributed by atoms with Gasteiger partial charge in [-0.25, -0.2) is 9.97 Å². The Morgan fingerprint density at radius 3 is 2.27 bits per heavy atom. The first kappa shape index (κ1) is 15.8. The molecule has 0 atom stereocenters. The molecule has 1 aromatic heterocycles. The van der Waals surface area contributed by atoms with Crippen LogP contribution < -0.4 is 10.1 Å². The van der Waals surface area contributed by atoms with E-state index >= 15 is 0 Å². The van der Waals surface area contributed by atoms with Crippen molar-refractivity contribution in [3.05, 3.63) is 90.6 Å². The van der Waals surface area contributed by atoms with Gasteiger partial charge in [0.25, 0.3) is 5.91 Å². The van der Waals surface area contributed by atoms with Crippen molar-refractivity contribution in [2.45, 2.75) is 0 Å². The van der Waals surface area contributed by atoms with E-state index in [-0.39, 0.29) is 5.91 Å². The molecule has 0 bridgehead atoms. The SMILES string of the molecule is O=C(Nc1ccc(Oc2cnc3ccccc3n2)cc1)c1ccccc1. The fourth-order valence-corrected chi connectivity index (χ4v) is 2.51. The van der Waals surface area contributed by atoms with Gasteiger partial charge in [-0.05, 0) is 48.5 Å². The van der Waals surface area contributed by atoms with E-state index in [4.69, 9.17) is 4.74 Å². The highest BCUT2D eigenvalue weighted by Gasteiger charge is 2.06. The highest BCUT2D eigenvalue weighted by Crippen LogP contribution is 2.22. The molecule has 0 fully saturated rings. The van der Waals surface area contributed by atoms with Gasteiger partial charge in [-0.2, -0.15) is 0 Å². The fraction of sp³-hybridized carbons (Fsp3) is 0. The molecule has 0 aliphatic carbocycles. The summed E-state index contributed by atoms with van der Waals surface area (Å²) in [6, 6.07) is 23.8. The molecule has 0 saturated heterocycles. The first-order valence-electron chi connectivity index (χ1n) is 8.14. The van der Waals surface area contributed by atoms with Crippen LogP contribution in [0.1, 0.15) is 10.4 Å². The number of rotatable bonds is 4. The lowest BCUT2D eigenvalue weighted by molar-refractivity contribution is 0.102. The van der Waals surface area contributed by atoms with Crippen LogP contribution in [0, 0.1) is 0 Å². The van der Waals surface area contributed by atoms with E-state index in [0.717, 1.165) is 11.0 Å². The highest BCUT2D eigenvalue weighted by atomic mass is 16.5. The number of nitrogens with zero attached hydrogens (tertiary/aromatic N) is 2. The van der Waals surface area contributed by atoms with Gasteiger partial charge in [0.15, 0.2) is 0 Å². The molecule has 0 aliphatic rings. The Bertz CT molecular complexity index is 1050. The lowest BCUT2D eigenvalue weighted by Crippen LogP contribution is -2.11. The summed E-state index contributed by atoms with van der Waals surface area (Å²) in [5, 5.41) is 2.85. The zero-order valence-corrected chi connectivity index (χ0v) is 13.8. The number of hydrogen-bond donors (Lipinski definition) is 1. The number of amides is 1. The number of anilines is 1. The van der Waals surface area contributed by atoms with Crippen molar-refractivity contribution in [3.63, 3.8) is 0 Å². The number of aromatic nitrogens is 2. The number of benzene rings is 3. The van der Waals surface area contributed by atoms with Gasteiger partial charge >= 0.3 is 0 Å². The Morgan fingerprint density at radius 2 is 1.50 bits per heavy atom. The summed E-state index contributed by atoms with van der Waals surface area (Å²) >= 11 is 0. The largest absolute Gasteiger partial charge is 0.437 e. The van der Waals surface area contributed by atoms with Crippen molar-refractivity contribution >= 4 is 22.6 Å². The average molecular weight is 341 g/mol. The number of nitrogens with one attached hydrogen (secondary N) is 1. The molecule has 0 radical (unpaired) electrons. The van der Waals surface area contributed by atoms with Crippen LogP contribution >= 0.6 is 0 Å². The number of fused-ring (bicyclic) bond motifs is 1.